The number of benzene rings is 2. The Labute approximate surface area is 145 Å². The van der Waals surface area contributed by atoms with E-state index in [4.69, 9.17) is 4.74 Å². The van der Waals surface area contributed by atoms with Crippen molar-refractivity contribution in [1.29, 1.82) is 0 Å². The van der Waals surface area contributed by atoms with E-state index in [9.17, 15) is 31.4 Å². The lowest BCUT2D eigenvalue weighted by Crippen LogP contribution is -2.54. The lowest BCUT2D eigenvalue weighted by Gasteiger charge is -2.46. The fourth-order valence-corrected chi connectivity index (χ4v) is 3.26. The van der Waals surface area contributed by atoms with Crippen molar-refractivity contribution in [2.45, 2.75) is 37.1 Å². The first-order valence-corrected chi connectivity index (χ1v) is 7.65. The highest BCUT2D eigenvalue weighted by atomic mass is 19.4. The van der Waals surface area contributed by atoms with E-state index in [1.54, 1.807) is 0 Å². The number of rotatable bonds is 4. The molecule has 1 aliphatic rings. The summed E-state index contributed by atoms with van der Waals surface area (Å²) in [4.78, 5) is 0. The smallest absolute Gasteiger partial charge is 0.417 e. The molecule has 2 nitrogen and oxygen atoms in total. The second-order valence-electron chi connectivity index (χ2n) is 6.63. The molecule has 0 bridgehead atoms. The van der Waals surface area contributed by atoms with E-state index in [1.165, 1.54) is 13.0 Å². The van der Waals surface area contributed by atoms with E-state index in [0.717, 1.165) is 24.3 Å². The first-order valence-electron chi connectivity index (χ1n) is 7.65. The quantitative estimate of drug-likeness (QED) is 0.788. The van der Waals surface area contributed by atoms with Gasteiger partial charge in [-0.2, -0.15) is 13.2 Å². The fraction of sp³-hybridized carbons (Fsp3) is 0.333. The Morgan fingerprint density at radius 2 is 1.58 bits per heavy atom. The molecule has 0 amide bonds. The van der Waals surface area contributed by atoms with Crippen molar-refractivity contribution < 1.29 is 36.2 Å². The highest BCUT2D eigenvalue weighted by Gasteiger charge is 2.59. The molecule has 1 N–H and O–H groups in total. The van der Waals surface area contributed by atoms with Crippen LogP contribution in [-0.4, -0.2) is 16.9 Å². The molecule has 1 heterocycles. The molecule has 0 spiro atoms. The fourth-order valence-electron chi connectivity index (χ4n) is 3.26. The van der Waals surface area contributed by atoms with Crippen LogP contribution in [0.15, 0.2) is 36.4 Å². The van der Waals surface area contributed by atoms with Gasteiger partial charge in [-0.15, -0.1) is 0 Å². The van der Waals surface area contributed by atoms with E-state index >= 15 is 0 Å². The Bertz CT molecular complexity index is 830. The number of alkyl halides is 3. The van der Waals surface area contributed by atoms with Crippen LogP contribution in [0.1, 0.15) is 24.5 Å². The van der Waals surface area contributed by atoms with Crippen LogP contribution in [0.25, 0.3) is 0 Å². The predicted molar refractivity (Wildman–Crippen MR) is 80.1 cm³/mol. The van der Waals surface area contributed by atoms with Gasteiger partial charge in [0.25, 0.3) is 0 Å². The molecular weight excluding hydrogens is 362 g/mol. The minimum absolute atomic E-state index is 0.186. The molecule has 26 heavy (non-hydrogen) atoms. The molecule has 2 unspecified atom stereocenters. The number of fused-ring (bicyclic) bond motifs is 1. The average molecular weight is 376 g/mol. The monoisotopic (exact) mass is 376 g/mol. The van der Waals surface area contributed by atoms with Crippen LogP contribution < -0.4 is 4.74 Å². The molecule has 0 radical (unpaired) electrons. The zero-order valence-electron chi connectivity index (χ0n) is 13.5. The Hall–Kier alpha value is -2.22. The zero-order chi connectivity index (χ0) is 19.3. The highest BCUT2D eigenvalue weighted by Crippen LogP contribution is 2.51. The lowest BCUT2D eigenvalue weighted by molar-refractivity contribution is -0.275. The van der Waals surface area contributed by atoms with E-state index in [-0.39, 0.29) is 16.9 Å². The normalized spacial score (nSPS) is 21.4. The van der Waals surface area contributed by atoms with Gasteiger partial charge in [0.2, 0.25) is 0 Å². The third-order valence-electron chi connectivity index (χ3n) is 4.42. The van der Waals surface area contributed by atoms with Crippen LogP contribution in [-0.2, 0) is 12.0 Å². The lowest BCUT2D eigenvalue weighted by atomic mass is 9.76. The molecule has 8 heteroatoms. The molecule has 2 aromatic carbocycles. The molecule has 0 aliphatic carbocycles. The van der Waals surface area contributed by atoms with Gasteiger partial charge in [-0.05, 0) is 42.8 Å². The average Bonchev–Trinajstić information content (AvgIpc) is 2.46. The first kappa shape index (κ1) is 18.6. The van der Waals surface area contributed by atoms with Gasteiger partial charge in [0.05, 0.1) is 0 Å². The molecule has 0 fully saturated rings. The van der Waals surface area contributed by atoms with E-state index < -0.39 is 47.7 Å². The van der Waals surface area contributed by atoms with Crippen LogP contribution in [0.4, 0.5) is 26.3 Å². The Morgan fingerprint density at radius 3 is 2.15 bits per heavy atom. The maximum absolute atomic E-state index is 13.6. The summed E-state index contributed by atoms with van der Waals surface area (Å²) < 4.78 is 86.0. The summed E-state index contributed by atoms with van der Waals surface area (Å²) in [5.74, 6) is -2.54. The van der Waals surface area contributed by atoms with Gasteiger partial charge in [0, 0.05) is 24.5 Å². The third-order valence-corrected chi connectivity index (χ3v) is 4.42. The second kappa shape index (κ2) is 5.90. The summed E-state index contributed by atoms with van der Waals surface area (Å²) in [5, 5.41) is 10.3. The standard InChI is InChI=1S/C18H14F6O2/c1-16(14-7-11(19)2-3-15(14)26-16)9-17(25,18(22,23)24)8-10-4-12(20)6-13(21)5-10/h2-7,25H,8-9H2,1H3. The summed E-state index contributed by atoms with van der Waals surface area (Å²) in [6, 6.07) is 5.38. The van der Waals surface area contributed by atoms with E-state index in [2.05, 4.69) is 0 Å². The summed E-state index contributed by atoms with van der Waals surface area (Å²) in [5.41, 5.74) is -5.09. The number of hydrogen-bond donors (Lipinski definition) is 1. The van der Waals surface area contributed by atoms with Crippen molar-refractivity contribution in [3.63, 3.8) is 0 Å². The molecule has 0 aromatic heterocycles. The molecule has 3 rings (SSSR count). The summed E-state index contributed by atoms with van der Waals surface area (Å²) in [7, 11) is 0. The predicted octanol–water partition coefficient (Wildman–Crippen LogP) is 4.64. The van der Waals surface area contributed by atoms with Gasteiger partial charge in [-0.1, -0.05) is 0 Å². The van der Waals surface area contributed by atoms with Crippen molar-refractivity contribution in [3.05, 3.63) is 65.0 Å². The molecule has 0 saturated carbocycles. The Kier molecular flexibility index (Phi) is 4.22. The van der Waals surface area contributed by atoms with Crippen LogP contribution >= 0.6 is 0 Å². The molecule has 1 aliphatic heterocycles. The van der Waals surface area contributed by atoms with Crippen molar-refractivity contribution in [2.24, 2.45) is 0 Å². The van der Waals surface area contributed by atoms with Crippen molar-refractivity contribution in [2.75, 3.05) is 0 Å². The molecule has 140 valence electrons. The molecular formula is C18H14F6O2. The van der Waals surface area contributed by atoms with Crippen LogP contribution in [0.5, 0.6) is 5.75 Å². The largest absolute Gasteiger partial charge is 0.482 e. The maximum atomic E-state index is 13.6. The van der Waals surface area contributed by atoms with E-state index in [0.29, 0.717) is 6.07 Å². The number of halogens is 6. The second-order valence-corrected chi connectivity index (χ2v) is 6.63. The number of aliphatic hydroxyl groups is 1. The Balaban J connectivity index is 1.94. The van der Waals surface area contributed by atoms with Gasteiger partial charge >= 0.3 is 6.18 Å². The van der Waals surface area contributed by atoms with Crippen molar-refractivity contribution in [3.8, 4) is 5.75 Å². The maximum Gasteiger partial charge on any atom is 0.417 e. The summed E-state index contributed by atoms with van der Waals surface area (Å²) in [6.07, 6.45) is -7.14. The van der Waals surface area contributed by atoms with Gasteiger partial charge in [-0.25, -0.2) is 13.2 Å². The SMILES string of the molecule is CC1(CC(O)(Cc2cc(F)cc(F)c2)C(F)(F)F)Oc2ccc(F)cc21. The molecule has 2 aromatic rings. The number of hydrogen-bond acceptors (Lipinski definition) is 2. The van der Waals surface area contributed by atoms with Gasteiger partial charge in [0.1, 0.15) is 28.8 Å². The van der Waals surface area contributed by atoms with Crippen LogP contribution in [0.3, 0.4) is 0 Å². The van der Waals surface area contributed by atoms with Crippen molar-refractivity contribution in [1.82, 2.24) is 0 Å². The molecule has 2 atom stereocenters. The van der Waals surface area contributed by atoms with Crippen LogP contribution in [0, 0.1) is 17.5 Å². The van der Waals surface area contributed by atoms with Crippen molar-refractivity contribution >= 4 is 0 Å². The minimum Gasteiger partial charge on any atom is -0.482 e. The van der Waals surface area contributed by atoms with E-state index in [1.807, 2.05) is 0 Å². The zero-order valence-corrected chi connectivity index (χ0v) is 13.5. The summed E-state index contributed by atoms with van der Waals surface area (Å²) in [6.45, 7) is 1.29. The highest BCUT2D eigenvalue weighted by molar-refractivity contribution is 5.46. The molecule has 0 saturated heterocycles. The van der Waals surface area contributed by atoms with Crippen LogP contribution in [0.2, 0.25) is 0 Å². The minimum atomic E-state index is -5.11. The van der Waals surface area contributed by atoms with Gasteiger partial charge in [-0.3, -0.25) is 0 Å². The third kappa shape index (κ3) is 3.25. The number of ether oxygens (including phenoxy) is 1. The topological polar surface area (TPSA) is 29.5 Å². The van der Waals surface area contributed by atoms with Gasteiger partial charge in [0.15, 0.2) is 5.60 Å². The first-order chi connectivity index (χ1) is 11.9. The summed E-state index contributed by atoms with van der Waals surface area (Å²) >= 11 is 0. The van der Waals surface area contributed by atoms with Gasteiger partial charge < -0.3 is 9.84 Å². The Morgan fingerprint density at radius 1 is 0.962 bits per heavy atom.